The second kappa shape index (κ2) is 5.75. The third-order valence-electron chi connectivity index (χ3n) is 2.53. The molecule has 1 unspecified atom stereocenters. The van der Waals surface area contributed by atoms with Crippen LogP contribution in [0.2, 0.25) is 0 Å². The summed E-state index contributed by atoms with van der Waals surface area (Å²) in [5.41, 5.74) is -0.281. The summed E-state index contributed by atoms with van der Waals surface area (Å²) in [6.07, 6.45) is -0.351. The van der Waals surface area contributed by atoms with Crippen molar-refractivity contribution in [3.05, 3.63) is 29.3 Å². The van der Waals surface area contributed by atoms with E-state index in [0.717, 1.165) is 12.1 Å². The first kappa shape index (κ1) is 15.7. The van der Waals surface area contributed by atoms with Crippen LogP contribution in [0.25, 0.3) is 0 Å². The van der Waals surface area contributed by atoms with Crippen molar-refractivity contribution < 1.29 is 33.0 Å². The van der Waals surface area contributed by atoms with E-state index >= 15 is 0 Å². The number of carboxylic acids is 1. The average molecular weight is 295 g/mol. The molecule has 4 N–H and O–H groups in total. The summed E-state index contributed by atoms with van der Waals surface area (Å²) >= 11 is 0. The lowest BCUT2D eigenvalue weighted by molar-refractivity contribution is -0.139. The third-order valence-corrected chi connectivity index (χ3v) is 3.50. The van der Waals surface area contributed by atoms with Crippen molar-refractivity contribution in [3.63, 3.8) is 0 Å². The zero-order valence-corrected chi connectivity index (χ0v) is 10.7. The minimum absolute atomic E-state index is 0.281. The van der Waals surface area contributed by atoms with E-state index in [1.807, 2.05) is 0 Å². The Balaban J connectivity index is 3.17. The average Bonchev–Trinajstić information content (AvgIpc) is 2.28. The molecule has 1 aromatic rings. The van der Waals surface area contributed by atoms with Gasteiger partial charge in [0.05, 0.1) is 0 Å². The maximum Gasteiger partial charge on any atom is 0.359 e. The molecule has 1 atom stereocenters. The van der Waals surface area contributed by atoms with Gasteiger partial charge in [0.25, 0.3) is 0 Å². The molecule has 0 aliphatic rings. The fourth-order valence-corrected chi connectivity index (χ4v) is 2.12. The minimum Gasteiger partial charge on any atom is -0.480 e. The molecule has 0 saturated carbocycles. The second-order valence-corrected chi connectivity index (χ2v) is 5.37. The van der Waals surface area contributed by atoms with Crippen molar-refractivity contribution in [2.75, 3.05) is 7.05 Å². The Morgan fingerprint density at radius 3 is 2.37 bits per heavy atom. The minimum atomic E-state index is -4.91. The number of carbonyl (C=O) groups is 1. The van der Waals surface area contributed by atoms with E-state index in [1.165, 1.54) is 7.05 Å². The van der Waals surface area contributed by atoms with E-state index in [1.54, 1.807) is 0 Å². The third kappa shape index (κ3) is 3.57. The Labute approximate surface area is 107 Å². The van der Waals surface area contributed by atoms with Crippen molar-refractivity contribution in [1.29, 1.82) is 0 Å². The van der Waals surface area contributed by atoms with Crippen molar-refractivity contribution in [2.45, 2.75) is 12.5 Å². The quantitative estimate of drug-likeness (QED) is 0.569. The van der Waals surface area contributed by atoms with Crippen LogP contribution in [0.4, 0.5) is 8.78 Å². The van der Waals surface area contributed by atoms with Gasteiger partial charge in [-0.05, 0) is 18.7 Å². The van der Waals surface area contributed by atoms with E-state index < -0.39 is 36.5 Å². The second-order valence-electron chi connectivity index (χ2n) is 3.80. The van der Waals surface area contributed by atoms with E-state index in [-0.39, 0.29) is 12.0 Å². The van der Waals surface area contributed by atoms with E-state index in [0.29, 0.717) is 0 Å². The molecule has 1 aromatic carbocycles. The van der Waals surface area contributed by atoms with Crippen LogP contribution in [0.15, 0.2) is 12.1 Å². The molecule has 0 aromatic heterocycles. The number of halogens is 2. The fraction of sp³-hybridized carbons (Fsp3) is 0.300. The molecule has 9 heteroatoms. The molecule has 0 amide bonds. The molecular weight excluding hydrogens is 283 g/mol. The van der Waals surface area contributed by atoms with Crippen LogP contribution >= 0.6 is 7.60 Å². The smallest absolute Gasteiger partial charge is 0.359 e. The highest BCUT2D eigenvalue weighted by Gasteiger charge is 2.27. The summed E-state index contributed by atoms with van der Waals surface area (Å²) in [6.45, 7) is 0. The molecule has 0 fully saturated rings. The van der Waals surface area contributed by atoms with Gasteiger partial charge in [-0.2, -0.15) is 0 Å². The first-order valence-electron chi connectivity index (χ1n) is 5.11. The molecule has 0 spiro atoms. The lowest BCUT2D eigenvalue weighted by Gasteiger charge is -2.13. The van der Waals surface area contributed by atoms with Crippen LogP contribution in [0.5, 0.6) is 0 Å². The zero-order chi connectivity index (χ0) is 14.8. The van der Waals surface area contributed by atoms with Gasteiger partial charge in [-0.15, -0.1) is 0 Å². The van der Waals surface area contributed by atoms with Gasteiger partial charge in [0, 0.05) is 6.42 Å². The Morgan fingerprint density at radius 2 is 1.95 bits per heavy atom. The summed E-state index contributed by atoms with van der Waals surface area (Å²) in [5.74, 6) is -4.37. The molecule has 0 bridgehead atoms. The zero-order valence-electron chi connectivity index (χ0n) is 9.80. The van der Waals surface area contributed by atoms with E-state index in [4.69, 9.17) is 14.9 Å². The van der Waals surface area contributed by atoms with E-state index in [2.05, 4.69) is 5.32 Å². The van der Waals surface area contributed by atoms with Crippen LogP contribution < -0.4 is 10.6 Å². The normalized spacial score (nSPS) is 13.3. The highest BCUT2D eigenvalue weighted by atomic mass is 31.2. The molecule has 0 aliphatic heterocycles. The molecule has 106 valence electrons. The van der Waals surface area contributed by atoms with Gasteiger partial charge < -0.3 is 20.2 Å². The maximum atomic E-state index is 13.6. The lowest BCUT2D eigenvalue weighted by Crippen LogP contribution is -2.36. The van der Waals surface area contributed by atoms with Crippen LogP contribution in [-0.2, 0) is 15.8 Å². The predicted molar refractivity (Wildman–Crippen MR) is 62.2 cm³/mol. The molecule has 1 rings (SSSR count). The maximum absolute atomic E-state index is 13.6. The van der Waals surface area contributed by atoms with Crippen LogP contribution in [-0.4, -0.2) is 34.0 Å². The SMILES string of the molecule is CNC(Cc1ccc(P(=O)(O)O)c(F)c1F)C(=O)O. The van der Waals surface area contributed by atoms with Crippen LogP contribution in [0.3, 0.4) is 0 Å². The molecule has 19 heavy (non-hydrogen) atoms. The van der Waals surface area contributed by atoms with Gasteiger partial charge in [0.2, 0.25) is 0 Å². The Hall–Kier alpha value is -1.34. The largest absolute Gasteiger partial charge is 0.480 e. The summed E-state index contributed by atoms with van der Waals surface area (Å²) < 4.78 is 38.0. The fourth-order valence-electron chi connectivity index (χ4n) is 1.49. The molecule has 0 heterocycles. The highest BCUT2D eigenvalue weighted by Crippen LogP contribution is 2.35. The van der Waals surface area contributed by atoms with Crippen molar-refractivity contribution >= 4 is 18.9 Å². The van der Waals surface area contributed by atoms with Gasteiger partial charge >= 0.3 is 13.6 Å². The van der Waals surface area contributed by atoms with Crippen molar-refractivity contribution in [2.24, 2.45) is 0 Å². The summed E-state index contributed by atoms with van der Waals surface area (Å²) in [6, 6.07) is 0.582. The Kier molecular flexibility index (Phi) is 4.75. The van der Waals surface area contributed by atoms with Crippen molar-refractivity contribution in [1.82, 2.24) is 5.32 Å². The number of rotatable bonds is 5. The number of nitrogens with one attached hydrogen (secondary N) is 1. The summed E-state index contributed by atoms with van der Waals surface area (Å²) in [5, 5.41) is 10.1. The lowest BCUT2D eigenvalue weighted by atomic mass is 10.1. The summed E-state index contributed by atoms with van der Waals surface area (Å²) in [4.78, 5) is 28.4. The summed E-state index contributed by atoms with van der Waals surface area (Å²) in [7, 11) is -3.57. The predicted octanol–water partition coefficient (Wildman–Crippen LogP) is -0.0171. The van der Waals surface area contributed by atoms with Crippen LogP contribution in [0.1, 0.15) is 5.56 Å². The number of likely N-dealkylation sites (N-methyl/N-ethyl adjacent to an activating group) is 1. The first-order valence-corrected chi connectivity index (χ1v) is 6.72. The molecule has 0 radical (unpaired) electrons. The first-order chi connectivity index (χ1) is 8.68. The van der Waals surface area contributed by atoms with Crippen molar-refractivity contribution in [3.8, 4) is 0 Å². The number of carboxylic acid groups (broad SMARTS) is 1. The van der Waals surface area contributed by atoms with Gasteiger partial charge in [0.1, 0.15) is 11.3 Å². The van der Waals surface area contributed by atoms with Crippen LogP contribution in [0, 0.1) is 11.6 Å². The monoisotopic (exact) mass is 295 g/mol. The van der Waals surface area contributed by atoms with Gasteiger partial charge in [-0.25, -0.2) is 8.78 Å². The van der Waals surface area contributed by atoms with Gasteiger partial charge in [-0.1, -0.05) is 6.07 Å². The number of aliphatic carboxylic acids is 1. The number of hydrogen-bond acceptors (Lipinski definition) is 3. The number of benzene rings is 1. The van der Waals surface area contributed by atoms with Gasteiger partial charge in [-0.3, -0.25) is 9.36 Å². The highest BCUT2D eigenvalue weighted by molar-refractivity contribution is 7.60. The van der Waals surface area contributed by atoms with E-state index in [9.17, 15) is 18.1 Å². The standard InChI is InChI=1S/C10H12F2NO5P/c1-13-6(10(14)15)4-5-2-3-7(19(16,17)18)9(12)8(5)11/h2-3,6,13H,4H2,1H3,(H,14,15)(H2,16,17,18). The van der Waals surface area contributed by atoms with Gasteiger partial charge in [0.15, 0.2) is 11.6 Å². The Bertz CT molecular complexity index is 545. The molecule has 6 nitrogen and oxygen atoms in total. The number of hydrogen-bond donors (Lipinski definition) is 4. The Morgan fingerprint density at radius 1 is 1.37 bits per heavy atom. The topological polar surface area (TPSA) is 107 Å². The molecule has 0 saturated heterocycles. The molecular formula is C10H12F2NO5P. The molecule has 0 aliphatic carbocycles.